The topological polar surface area (TPSA) is 29.3 Å². The SMILES string of the molecule is c1ccc(-c2nc3cccc(-c4ccc(N(c5ccccc5)c5cccc(-c6ccc(-c7ccc8ccccc8c7)cc6)c5)cc4)c3o2)cc1. The van der Waals surface area contributed by atoms with Gasteiger partial charge in [-0.3, -0.25) is 0 Å². The van der Waals surface area contributed by atoms with E-state index in [0.717, 1.165) is 50.4 Å². The van der Waals surface area contributed by atoms with Gasteiger partial charge in [-0.05, 0) is 99.3 Å². The fraction of sp³-hybridized carbons (Fsp3) is 0. The lowest BCUT2D eigenvalue weighted by Gasteiger charge is -2.26. The van der Waals surface area contributed by atoms with Crippen molar-refractivity contribution in [1.82, 2.24) is 4.98 Å². The van der Waals surface area contributed by atoms with E-state index in [1.54, 1.807) is 0 Å². The van der Waals surface area contributed by atoms with Gasteiger partial charge in [-0.25, -0.2) is 4.98 Å². The van der Waals surface area contributed by atoms with Crippen LogP contribution >= 0.6 is 0 Å². The van der Waals surface area contributed by atoms with Crippen LogP contribution in [0.1, 0.15) is 0 Å². The highest BCUT2D eigenvalue weighted by molar-refractivity contribution is 5.92. The molecule has 9 rings (SSSR count). The monoisotopic (exact) mass is 640 g/mol. The van der Waals surface area contributed by atoms with Crippen LogP contribution in [0.15, 0.2) is 199 Å². The Hall–Kier alpha value is -6.71. The third-order valence-corrected chi connectivity index (χ3v) is 9.29. The molecule has 0 aliphatic rings. The van der Waals surface area contributed by atoms with Crippen molar-refractivity contribution >= 4 is 38.9 Å². The van der Waals surface area contributed by atoms with Crippen LogP contribution in [0.4, 0.5) is 17.1 Å². The molecule has 236 valence electrons. The summed E-state index contributed by atoms with van der Waals surface area (Å²) in [5, 5.41) is 2.51. The zero-order valence-electron chi connectivity index (χ0n) is 27.3. The number of oxazole rings is 1. The van der Waals surface area contributed by atoms with Gasteiger partial charge in [0.25, 0.3) is 0 Å². The lowest BCUT2D eigenvalue weighted by molar-refractivity contribution is 0.621. The van der Waals surface area contributed by atoms with E-state index < -0.39 is 0 Å². The third-order valence-electron chi connectivity index (χ3n) is 9.29. The summed E-state index contributed by atoms with van der Waals surface area (Å²) in [5.41, 5.74) is 12.7. The van der Waals surface area contributed by atoms with Crippen LogP contribution in [0.25, 0.3) is 66.7 Å². The predicted octanol–water partition coefficient (Wildman–Crippen LogP) is 13.1. The molecule has 0 saturated heterocycles. The minimum Gasteiger partial charge on any atom is -0.435 e. The second-order valence-electron chi connectivity index (χ2n) is 12.4. The van der Waals surface area contributed by atoms with Crippen LogP contribution in [0, 0.1) is 0 Å². The van der Waals surface area contributed by atoms with Gasteiger partial charge in [0.2, 0.25) is 5.89 Å². The molecule has 0 fully saturated rings. The number of nitrogens with zero attached hydrogens (tertiary/aromatic N) is 2. The summed E-state index contributed by atoms with van der Waals surface area (Å²) in [7, 11) is 0. The molecule has 8 aromatic carbocycles. The first-order chi connectivity index (χ1) is 24.8. The van der Waals surface area contributed by atoms with Crippen molar-refractivity contribution in [3.63, 3.8) is 0 Å². The number of hydrogen-bond acceptors (Lipinski definition) is 3. The molecule has 3 heteroatoms. The van der Waals surface area contributed by atoms with E-state index in [1.807, 2.05) is 42.5 Å². The molecular formula is C47H32N2O. The fourth-order valence-corrected chi connectivity index (χ4v) is 6.74. The zero-order valence-corrected chi connectivity index (χ0v) is 27.3. The van der Waals surface area contributed by atoms with Crippen molar-refractivity contribution in [3.8, 4) is 44.8 Å². The van der Waals surface area contributed by atoms with Crippen LogP contribution in [-0.4, -0.2) is 4.98 Å². The first kappa shape index (κ1) is 29.4. The molecule has 0 spiro atoms. The van der Waals surface area contributed by atoms with Crippen molar-refractivity contribution < 1.29 is 4.42 Å². The number of hydrogen-bond donors (Lipinski definition) is 0. The van der Waals surface area contributed by atoms with E-state index in [2.05, 4.69) is 157 Å². The molecule has 0 atom stereocenters. The molecular weight excluding hydrogens is 609 g/mol. The Morgan fingerprint density at radius 1 is 0.360 bits per heavy atom. The van der Waals surface area contributed by atoms with Crippen LogP contribution in [-0.2, 0) is 0 Å². The highest BCUT2D eigenvalue weighted by atomic mass is 16.3. The van der Waals surface area contributed by atoms with Crippen molar-refractivity contribution in [3.05, 3.63) is 194 Å². The average molecular weight is 641 g/mol. The Balaban J connectivity index is 1.04. The van der Waals surface area contributed by atoms with Crippen LogP contribution in [0.3, 0.4) is 0 Å². The number of anilines is 3. The maximum absolute atomic E-state index is 6.34. The van der Waals surface area contributed by atoms with Gasteiger partial charge in [-0.15, -0.1) is 0 Å². The second-order valence-corrected chi connectivity index (χ2v) is 12.4. The Morgan fingerprint density at radius 2 is 0.920 bits per heavy atom. The van der Waals surface area contributed by atoms with Gasteiger partial charge in [0.15, 0.2) is 5.58 Å². The number of benzene rings is 8. The van der Waals surface area contributed by atoms with Gasteiger partial charge in [-0.2, -0.15) is 0 Å². The molecule has 1 heterocycles. The van der Waals surface area contributed by atoms with Crippen molar-refractivity contribution in [1.29, 1.82) is 0 Å². The lowest BCUT2D eigenvalue weighted by Crippen LogP contribution is -2.09. The van der Waals surface area contributed by atoms with Crippen LogP contribution < -0.4 is 4.90 Å². The van der Waals surface area contributed by atoms with Crippen LogP contribution in [0.5, 0.6) is 0 Å². The smallest absolute Gasteiger partial charge is 0.227 e. The maximum Gasteiger partial charge on any atom is 0.227 e. The lowest BCUT2D eigenvalue weighted by atomic mass is 9.98. The van der Waals surface area contributed by atoms with E-state index in [-0.39, 0.29) is 0 Å². The van der Waals surface area contributed by atoms with Crippen molar-refractivity contribution in [2.24, 2.45) is 0 Å². The molecule has 0 amide bonds. The van der Waals surface area contributed by atoms with E-state index in [1.165, 1.54) is 27.5 Å². The van der Waals surface area contributed by atoms with Gasteiger partial charge >= 0.3 is 0 Å². The number of para-hydroxylation sites is 2. The summed E-state index contributed by atoms with van der Waals surface area (Å²) in [5.74, 6) is 0.628. The van der Waals surface area contributed by atoms with E-state index in [0.29, 0.717) is 5.89 Å². The van der Waals surface area contributed by atoms with E-state index in [9.17, 15) is 0 Å². The molecule has 0 aliphatic heterocycles. The minimum absolute atomic E-state index is 0.628. The van der Waals surface area contributed by atoms with Gasteiger partial charge in [0.05, 0.1) is 0 Å². The van der Waals surface area contributed by atoms with Crippen molar-refractivity contribution in [2.45, 2.75) is 0 Å². The average Bonchev–Trinajstić information content (AvgIpc) is 3.64. The summed E-state index contributed by atoms with van der Waals surface area (Å²) in [6, 6.07) is 68.2. The minimum atomic E-state index is 0.628. The maximum atomic E-state index is 6.34. The normalized spacial score (nSPS) is 11.2. The van der Waals surface area contributed by atoms with Gasteiger partial charge in [0.1, 0.15) is 5.52 Å². The zero-order chi connectivity index (χ0) is 33.3. The molecule has 0 unspecified atom stereocenters. The van der Waals surface area contributed by atoms with E-state index >= 15 is 0 Å². The molecule has 0 bridgehead atoms. The molecule has 0 radical (unpaired) electrons. The molecule has 0 saturated carbocycles. The summed E-state index contributed by atoms with van der Waals surface area (Å²) in [6.45, 7) is 0. The van der Waals surface area contributed by atoms with E-state index in [4.69, 9.17) is 9.40 Å². The summed E-state index contributed by atoms with van der Waals surface area (Å²) < 4.78 is 6.34. The van der Waals surface area contributed by atoms with Gasteiger partial charge in [0, 0.05) is 28.2 Å². The number of rotatable bonds is 7. The Bertz CT molecular complexity index is 2570. The predicted molar refractivity (Wildman–Crippen MR) is 208 cm³/mol. The molecule has 50 heavy (non-hydrogen) atoms. The standard InChI is InChI=1S/C47H32N2O/c1-3-12-37(13-4-1)47-48-45-20-10-19-44(46(45)50-47)36-27-29-42(30-28-36)49(41-16-5-2-6-17-41)43-18-9-15-39(32-43)34-21-23-35(24-22-34)40-26-25-33-11-7-8-14-38(33)31-40/h1-32H. The number of aromatic nitrogens is 1. The number of fused-ring (bicyclic) bond motifs is 2. The molecule has 9 aromatic rings. The summed E-state index contributed by atoms with van der Waals surface area (Å²) >= 11 is 0. The second kappa shape index (κ2) is 12.7. The molecule has 3 nitrogen and oxygen atoms in total. The molecule has 0 aliphatic carbocycles. The Kier molecular flexibility index (Phi) is 7.49. The highest BCUT2D eigenvalue weighted by Gasteiger charge is 2.16. The highest BCUT2D eigenvalue weighted by Crippen LogP contribution is 2.39. The van der Waals surface area contributed by atoms with Gasteiger partial charge < -0.3 is 9.32 Å². The first-order valence-electron chi connectivity index (χ1n) is 16.9. The Labute approximate surface area is 291 Å². The quantitative estimate of drug-likeness (QED) is 0.174. The summed E-state index contributed by atoms with van der Waals surface area (Å²) in [4.78, 5) is 7.09. The first-order valence-corrected chi connectivity index (χ1v) is 16.9. The molecule has 1 aromatic heterocycles. The Morgan fingerprint density at radius 3 is 1.68 bits per heavy atom. The van der Waals surface area contributed by atoms with Crippen molar-refractivity contribution in [2.75, 3.05) is 4.90 Å². The van der Waals surface area contributed by atoms with Gasteiger partial charge in [-0.1, -0.05) is 133 Å². The summed E-state index contributed by atoms with van der Waals surface area (Å²) in [6.07, 6.45) is 0. The van der Waals surface area contributed by atoms with Crippen LogP contribution in [0.2, 0.25) is 0 Å². The third kappa shape index (κ3) is 5.61. The molecule has 0 N–H and O–H groups in total. The fourth-order valence-electron chi connectivity index (χ4n) is 6.74. The largest absolute Gasteiger partial charge is 0.435 e.